The summed E-state index contributed by atoms with van der Waals surface area (Å²) in [6, 6.07) is 21.2. The molecule has 34 heavy (non-hydrogen) atoms. The Morgan fingerprint density at radius 3 is 1.32 bits per heavy atom. The van der Waals surface area contributed by atoms with E-state index in [9.17, 15) is 29.4 Å². The van der Waals surface area contributed by atoms with E-state index in [0.29, 0.717) is 0 Å². The summed E-state index contributed by atoms with van der Waals surface area (Å²) in [5, 5.41) is 24.0. The second-order valence-corrected chi connectivity index (χ2v) is 7.69. The minimum atomic E-state index is -1.18. The van der Waals surface area contributed by atoms with Gasteiger partial charge in [0.15, 0.2) is 0 Å². The van der Waals surface area contributed by atoms with Crippen molar-refractivity contribution in [3.63, 3.8) is 0 Å². The fraction of sp³-hybridized carbons (Fsp3) is 0.154. The van der Waals surface area contributed by atoms with Crippen LogP contribution in [-0.2, 0) is 22.4 Å². The van der Waals surface area contributed by atoms with Crippen molar-refractivity contribution >= 4 is 23.8 Å². The lowest BCUT2D eigenvalue weighted by atomic mass is 10.0. The van der Waals surface area contributed by atoms with Gasteiger partial charge in [0.25, 0.3) is 11.8 Å². The van der Waals surface area contributed by atoms with Crippen molar-refractivity contribution in [3.8, 4) is 0 Å². The number of aliphatic carboxylic acids is 2. The first-order valence-corrected chi connectivity index (χ1v) is 10.6. The van der Waals surface area contributed by atoms with E-state index >= 15 is 0 Å². The normalized spacial score (nSPS) is 12.2. The van der Waals surface area contributed by atoms with E-state index in [2.05, 4.69) is 10.6 Å². The van der Waals surface area contributed by atoms with E-state index in [1.54, 1.807) is 48.5 Å². The largest absolute Gasteiger partial charge is 0.480 e. The molecular weight excluding hydrogens is 436 g/mol. The molecule has 2 unspecified atom stereocenters. The van der Waals surface area contributed by atoms with Crippen LogP contribution in [0.25, 0.3) is 0 Å². The molecule has 4 N–H and O–H groups in total. The van der Waals surface area contributed by atoms with Gasteiger partial charge in [-0.1, -0.05) is 66.7 Å². The van der Waals surface area contributed by atoms with Crippen LogP contribution in [0.5, 0.6) is 0 Å². The molecule has 174 valence electrons. The highest BCUT2D eigenvalue weighted by molar-refractivity contribution is 6.01. The lowest BCUT2D eigenvalue weighted by molar-refractivity contribution is -0.140. The number of hydrogen-bond donors (Lipinski definition) is 4. The minimum absolute atomic E-state index is 0.0851. The Labute approximate surface area is 196 Å². The molecule has 2 atom stereocenters. The van der Waals surface area contributed by atoms with E-state index in [0.717, 1.165) is 11.1 Å². The van der Waals surface area contributed by atoms with Crippen molar-refractivity contribution in [2.24, 2.45) is 0 Å². The predicted octanol–water partition coefficient (Wildman–Crippen LogP) is 2.54. The van der Waals surface area contributed by atoms with Gasteiger partial charge in [0.2, 0.25) is 0 Å². The van der Waals surface area contributed by atoms with Crippen LogP contribution in [0.1, 0.15) is 31.8 Å². The Bertz CT molecular complexity index is 1080. The van der Waals surface area contributed by atoms with Crippen LogP contribution in [0.4, 0.5) is 0 Å². The molecule has 8 heteroatoms. The molecule has 0 aromatic heterocycles. The summed E-state index contributed by atoms with van der Waals surface area (Å²) in [4.78, 5) is 48.7. The average molecular weight is 460 g/mol. The lowest BCUT2D eigenvalue weighted by Gasteiger charge is -2.16. The van der Waals surface area contributed by atoms with Crippen molar-refractivity contribution in [1.82, 2.24) is 10.6 Å². The molecular formula is C26H24N2O6. The summed E-state index contributed by atoms with van der Waals surface area (Å²) in [7, 11) is 0. The molecule has 0 radical (unpaired) electrons. The third-order valence-corrected chi connectivity index (χ3v) is 5.16. The van der Waals surface area contributed by atoms with Crippen LogP contribution in [-0.4, -0.2) is 46.0 Å². The van der Waals surface area contributed by atoms with Crippen LogP contribution in [0.15, 0.2) is 84.9 Å². The smallest absolute Gasteiger partial charge is 0.326 e. The second-order valence-electron chi connectivity index (χ2n) is 7.69. The molecule has 0 spiro atoms. The van der Waals surface area contributed by atoms with Crippen LogP contribution in [0, 0.1) is 0 Å². The number of rotatable bonds is 10. The van der Waals surface area contributed by atoms with E-state index in [4.69, 9.17) is 0 Å². The predicted molar refractivity (Wildman–Crippen MR) is 125 cm³/mol. The number of carbonyl (C=O) groups excluding carboxylic acids is 2. The van der Waals surface area contributed by atoms with E-state index in [1.165, 1.54) is 24.3 Å². The molecule has 0 aliphatic heterocycles. The zero-order valence-electron chi connectivity index (χ0n) is 18.2. The third-order valence-electron chi connectivity index (χ3n) is 5.16. The Kier molecular flexibility index (Phi) is 8.12. The second kappa shape index (κ2) is 11.4. The molecule has 0 saturated carbocycles. The van der Waals surface area contributed by atoms with Crippen molar-refractivity contribution in [1.29, 1.82) is 0 Å². The van der Waals surface area contributed by atoms with Gasteiger partial charge in [0.05, 0.1) is 0 Å². The highest BCUT2D eigenvalue weighted by Gasteiger charge is 2.23. The van der Waals surface area contributed by atoms with Gasteiger partial charge < -0.3 is 20.8 Å². The molecule has 3 aromatic carbocycles. The maximum absolute atomic E-state index is 12.7. The molecule has 3 rings (SSSR count). The summed E-state index contributed by atoms with van der Waals surface area (Å²) >= 11 is 0. The van der Waals surface area contributed by atoms with Gasteiger partial charge in [-0.05, 0) is 29.3 Å². The number of amides is 2. The SMILES string of the molecule is O=C(NC(Cc1ccccc1)C(=O)O)c1cccc(C(=O)NC(Cc2ccccc2)C(=O)O)c1. The number of carboxylic acids is 2. The van der Waals surface area contributed by atoms with Gasteiger partial charge in [-0.3, -0.25) is 9.59 Å². The number of benzene rings is 3. The molecule has 0 saturated heterocycles. The lowest BCUT2D eigenvalue weighted by Crippen LogP contribution is -2.43. The molecule has 0 aliphatic rings. The molecule has 3 aromatic rings. The first-order chi connectivity index (χ1) is 16.3. The summed E-state index contributed by atoms with van der Waals surface area (Å²) in [5.41, 5.74) is 1.67. The fourth-order valence-corrected chi connectivity index (χ4v) is 3.38. The van der Waals surface area contributed by atoms with E-state index in [-0.39, 0.29) is 24.0 Å². The number of nitrogens with one attached hydrogen (secondary N) is 2. The van der Waals surface area contributed by atoms with E-state index in [1.807, 2.05) is 12.1 Å². The summed E-state index contributed by atoms with van der Waals surface area (Å²) in [6.45, 7) is 0. The van der Waals surface area contributed by atoms with Crippen LogP contribution < -0.4 is 10.6 Å². The number of hydrogen-bond acceptors (Lipinski definition) is 4. The number of carboxylic acid groups (broad SMARTS) is 2. The topological polar surface area (TPSA) is 133 Å². The van der Waals surface area contributed by atoms with Crippen molar-refractivity contribution < 1.29 is 29.4 Å². The minimum Gasteiger partial charge on any atom is -0.480 e. The molecule has 0 fully saturated rings. The Hall–Kier alpha value is -4.46. The Morgan fingerprint density at radius 2 is 0.971 bits per heavy atom. The van der Waals surface area contributed by atoms with Gasteiger partial charge in [-0.25, -0.2) is 9.59 Å². The zero-order valence-corrected chi connectivity index (χ0v) is 18.2. The summed E-state index contributed by atoms with van der Waals surface area (Å²) in [6.07, 6.45) is 0.198. The van der Waals surface area contributed by atoms with Crippen LogP contribution in [0.3, 0.4) is 0 Å². The maximum Gasteiger partial charge on any atom is 0.326 e. The van der Waals surface area contributed by atoms with Gasteiger partial charge in [0.1, 0.15) is 12.1 Å². The average Bonchev–Trinajstić information content (AvgIpc) is 2.84. The first kappa shape index (κ1) is 24.2. The van der Waals surface area contributed by atoms with Gasteiger partial charge in [-0.2, -0.15) is 0 Å². The molecule has 2 amide bonds. The summed E-state index contributed by atoms with van der Waals surface area (Å²) < 4.78 is 0. The van der Waals surface area contributed by atoms with Gasteiger partial charge >= 0.3 is 11.9 Å². The Balaban J connectivity index is 1.69. The molecule has 0 heterocycles. The maximum atomic E-state index is 12.7. The van der Waals surface area contributed by atoms with Gasteiger partial charge in [-0.15, -0.1) is 0 Å². The quantitative estimate of drug-likeness (QED) is 0.368. The zero-order chi connectivity index (χ0) is 24.5. The monoisotopic (exact) mass is 460 g/mol. The van der Waals surface area contributed by atoms with Crippen molar-refractivity contribution in [2.75, 3.05) is 0 Å². The van der Waals surface area contributed by atoms with Crippen LogP contribution >= 0.6 is 0 Å². The Morgan fingerprint density at radius 1 is 0.588 bits per heavy atom. The summed E-state index contributed by atoms with van der Waals surface area (Å²) in [5.74, 6) is -3.68. The molecule has 0 aliphatic carbocycles. The fourth-order valence-electron chi connectivity index (χ4n) is 3.38. The van der Waals surface area contributed by atoms with Crippen molar-refractivity contribution in [2.45, 2.75) is 24.9 Å². The third kappa shape index (κ3) is 6.77. The van der Waals surface area contributed by atoms with Crippen molar-refractivity contribution in [3.05, 3.63) is 107 Å². The van der Waals surface area contributed by atoms with Crippen LogP contribution in [0.2, 0.25) is 0 Å². The molecule has 8 nitrogen and oxygen atoms in total. The van der Waals surface area contributed by atoms with E-state index < -0.39 is 35.8 Å². The highest BCUT2D eigenvalue weighted by Crippen LogP contribution is 2.10. The highest BCUT2D eigenvalue weighted by atomic mass is 16.4. The first-order valence-electron chi connectivity index (χ1n) is 10.6. The molecule has 0 bridgehead atoms. The standard InChI is InChI=1S/C26H24N2O6/c29-23(27-21(25(31)32)14-17-8-3-1-4-9-17)19-12-7-13-20(16-19)24(30)28-22(26(33)34)15-18-10-5-2-6-11-18/h1-13,16,21-22H,14-15H2,(H,27,29)(H,28,30)(H,31,32)(H,33,34). The number of carbonyl (C=O) groups is 4. The van der Waals surface area contributed by atoms with Gasteiger partial charge in [0, 0.05) is 24.0 Å².